The van der Waals surface area contributed by atoms with Crippen LogP contribution in [0.25, 0.3) is 22.0 Å². The molecule has 0 saturated heterocycles. The summed E-state index contributed by atoms with van der Waals surface area (Å²) in [6.07, 6.45) is 1.96. The monoisotopic (exact) mass is 226 g/mol. The van der Waals surface area contributed by atoms with Crippen LogP contribution in [0.2, 0.25) is 0 Å². The van der Waals surface area contributed by atoms with Crippen molar-refractivity contribution < 1.29 is 4.39 Å². The Morgan fingerprint density at radius 2 is 1.88 bits per heavy atom. The molecule has 0 atom stereocenters. The van der Waals surface area contributed by atoms with Crippen molar-refractivity contribution in [1.82, 2.24) is 9.78 Å². The lowest BCUT2D eigenvalue weighted by molar-refractivity contribution is 0.628. The van der Waals surface area contributed by atoms with Gasteiger partial charge >= 0.3 is 0 Å². The second kappa shape index (κ2) is 3.70. The van der Waals surface area contributed by atoms with E-state index in [1.165, 1.54) is 12.1 Å². The molecule has 2 nitrogen and oxygen atoms in total. The first-order valence-electron chi connectivity index (χ1n) is 5.42. The molecule has 0 aliphatic heterocycles. The molecule has 0 saturated carbocycles. The van der Waals surface area contributed by atoms with Gasteiger partial charge < -0.3 is 0 Å². The van der Waals surface area contributed by atoms with Gasteiger partial charge in [-0.25, -0.2) is 4.39 Å². The van der Waals surface area contributed by atoms with Gasteiger partial charge in [0.05, 0.1) is 5.52 Å². The van der Waals surface area contributed by atoms with Crippen LogP contribution in [0.3, 0.4) is 0 Å². The summed E-state index contributed by atoms with van der Waals surface area (Å²) < 4.78 is 14.9. The highest BCUT2D eigenvalue weighted by Crippen LogP contribution is 2.24. The summed E-state index contributed by atoms with van der Waals surface area (Å²) in [6.45, 7) is 0. The number of aromatic nitrogens is 2. The number of hydrogen-bond donors (Lipinski definition) is 0. The van der Waals surface area contributed by atoms with Gasteiger partial charge in [-0.1, -0.05) is 24.3 Å². The van der Waals surface area contributed by atoms with E-state index in [1.807, 2.05) is 37.5 Å². The van der Waals surface area contributed by atoms with Gasteiger partial charge in [-0.3, -0.25) is 4.68 Å². The number of benzene rings is 2. The molecule has 0 aliphatic carbocycles. The summed E-state index contributed by atoms with van der Waals surface area (Å²) in [5.41, 5.74) is 2.78. The third-order valence-electron chi connectivity index (χ3n) is 2.78. The lowest BCUT2D eigenvalue weighted by Gasteiger charge is -2.01. The van der Waals surface area contributed by atoms with E-state index < -0.39 is 0 Å². The third-order valence-corrected chi connectivity index (χ3v) is 2.78. The molecule has 0 aliphatic rings. The Bertz CT molecular complexity index is 686. The van der Waals surface area contributed by atoms with E-state index in [9.17, 15) is 4.39 Å². The van der Waals surface area contributed by atoms with Crippen LogP contribution in [0.1, 0.15) is 0 Å². The first-order chi connectivity index (χ1) is 8.22. The summed E-state index contributed by atoms with van der Waals surface area (Å²) in [7, 11) is 1.89. The van der Waals surface area contributed by atoms with E-state index in [-0.39, 0.29) is 5.82 Å². The topological polar surface area (TPSA) is 17.8 Å². The van der Waals surface area contributed by atoms with Crippen molar-refractivity contribution in [3.8, 4) is 11.1 Å². The van der Waals surface area contributed by atoms with Crippen molar-refractivity contribution in [3.05, 3.63) is 54.5 Å². The standard InChI is InChI=1S/C14H11FN2/c1-17-9-12-6-5-11(8-14(12)16-17)10-3-2-4-13(15)7-10/h2-9H,1H3. The van der Waals surface area contributed by atoms with Crippen molar-refractivity contribution in [2.45, 2.75) is 0 Å². The van der Waals surface area contributed by atoms with Crippen LogP contribution in [0.15, 0.2) is 48.7 Å². The second-order valence-electron chi connectivity index (χ2n) is 4.09. The molecule has 0 unspecified atom stereocenters. The number of fused-ring (bicyclic) bond motifs is 1. The van der Waals surface area contributed by atoms with Crippen molar-refractivity contribution in [3.63, 3.8) is 0 Å². The highest BCUT2D eigenvalue weighted by molar-refractivity contribution is 5.83. The minimum absolute atomic E-state index is 0.219. The first-order valence-corrected chi connectivity index (χ1v) is 5.42. The molecule has 0 fully saturated rings. The first kappa shape index (κ1) is 10.0. The summed E-state index contributed by atoms with van der Waals surface area (Å²) in [4.78, 5) is 0. The Morgan fingerprint density at radius 3 is 2.71 bits per heavy atom. The normalized spacial score (nSPS) is 10.9. The molecular formula is C14H11FN2. The lowest BCUT2D eigenvalue weighted by atomic mass is 10.0. The van der Waals surface area contributed by atoms with Crippen LogP contribution in [-0.2, 0) is 7.05 Å². The predicted molar refractivity (Wildman–Crippen MR) is 66.1 cm³/mol. The molecule has 2 aromatic carbocycles. The molecule has 0 bridgehead atoms. The number of nitrogens with zero attached hydrogens (tertiary/aromatic N) is 2. The minimum Gasteiger partial charge on any atom is -0.275 e. The Balaban J connectivity index is 2.17. The molecule has 17 heavy (non-hydrogen) atoms. The molecule has 0 spiro atoms. The van der Waals surface area contributed by atoms with Crippen molar-refractivity contribution in [1.29, 1.82) is 0 Å². The maximum atomic E-state index is 13.2. The quantitative estimate of drug-likeness (QED) is 0.622. The highest BCUT2D eigenvalue weighted by atomic mass is 19.1. The maximum Gasteiger partial charge on any atom is 0.123 e. The van der Waals surface area contributed by atoms with Gasteiger partial charge in [0.15, 0.2) is 0 Å². The van der Waals surface area contributed by atoms with Gasteiger partial charge in [-0.15, -0.1) is 0 Å². The fourth-order valence-electron chi connectivity index (χ4n) is 1.99. The smallest absolute Gasteiger partial charge is 0.123 e. The van der Waals surface area contributed by atoms with E-state index in [2.05, 4.69) is 5.10 Å². The minimum atomic E-state index is -0.219. The van der Waals surface area contributed by atoms with Crippen molar-refractivity contribution >= 4 is 10.9 Å². The zero-order chi connectivity index (χ0) is 11.8. The molecule has 3 rings (SSSR count). The molecule has 1 heterocycles. The maximum absolute atomic E-state index is 13.2. The number of rotatable bonds is 1. The molecule has 0 N–H and O–H groups in total. The van der Waals surface area contributed by atoms with E-state index >= 15 is 0 Å². The Labute approximate surface area is 98.3 Å². The Hall–Kier alpha value is -2.16. The fraction of sp³-hybridized carbons (Fsp3) is 0.0714. The van der Waals surface area contributed by atoms with Crippen LogP contribution in [0, 0.1) is 5.82 Å². The molecule has 84 valence electrons. The second-order valence-corrected chi connectivity index (χ2v) is 4.09. The summed E-state index contributed by atoms with van der Waals surface area (Å²) >= 11 is 0. The SMILES string of the molecule is Cn1cc2ccc(-c3cccc(F)c3)cc2n1. The van der Waals surface area contributed by atoms with Gasteiger partial charge in [-0.05, 0) is 29.3 Å². The van der Waals surface area contributed by atoms with E-state index in [0.29, 0.717) is 0 Å². The van der Waals surface area contributed by atoms with Gasteiger partial charge in [-0.2, -0.15) is 5.10 Å². The fourth-order valence-corrected chi connectivity index (χ4v) is 1.99. The van der Waals surface area contributed by atoms with E-state index in [4.69, 9.17) is 0 Å². The summed E-state index contributed by atoms with van der Waals surface area (Å²) in [5, 5.41) is 5.44. The lowest BCUT2D eigenvalue weighted by Crippen LogP contribution is -1.85. The molecule has 1 aromatic heterocycles. The van der Waals surface area contributed by atoms with Crippen LogP contribution >= 0.6 is 0 Å². The zero-order valence-electron chi connectivity index (χ0n) is 9.39. The average molecular weight is 226 g/mol. The average Bonchev–Trinajstić information content (AvgIpc) is 2.68. The zero-order valence-corrected chi connectivity index (χ0v) is 9.39. The third kappa shape index (κ3) is 1.80. The van der Waals surface area contributed by atoms with E-state index in [1.54, 1.807) is 10.7 Å². The number of aryl methyl sites for hydroxylation is 1. The summed E-state index contributed by atoms with van der Waals surface area (Å²) in [6, 6.07) is 12.6. The molecule has 3 aromatic rings. The van der Waals surface area contributed by atoms with Crippen molar-refractivity contribution in [2.75, 3.05) is 0 Å². The van der Waals surface area contributed by atoms with Gasteiger partial charge in [0.1, 0.15) is 5.82 Å². The van der Waals surface area contributed by atoms with Crippen LogP contribution in [0.5, 0.6) is 0 Å². The van der Waals surface area contributed by atoms with Crippen LogP contribution in [-0.4, -0.2) is 9.78 Å². The largest absolute Gasteiger partial charge is 0.275 e. The van der Waals surface area contributed by atoms with Crippen LogP contribution < -0.4 is 0 Å². The van der Waals surface area contributed by atoms with Gasteiger partial charge in [0.2, 0.25) is 0 Å². The number of halogens is 1. The van der Waals surface area contributed by atoms with Crippen LogP contribution in [0.4, 0.5) is 4.39 Å². The van der Waals surface area contributed by atoms with Crippen molar-refractivity contribution in [2.24, 2.45) is 7.05 Å². The highest BCUT2D eigenvalue weighted by Gasteiger charge is 2.03. The van der Waals surface area contributed by atoms with Gasteiger partial charge in [0.25, 0.3) is 0 Å². The molecule has 0 amide bonds. The Kier molecular flexibility index (Phi) is 2.18. The summed E-state index contributed by atoms with van der Waals surface area (Å²) in [5.74, 6) is -0.219. The van der Waals surface area contributed by atoms with Gasteiger partial charge in [0, 0.05) is 18.6 Å². The Morgan fingerprint density at radius 1 is 1.06 bits per heavy atom. The molecular weight excluding hydrogens is 215 g/mol. The number of hydrogen-bond acceptors (Lipinski definition) is 1. The molecule has 3 heteroatoms. The van der Waals surface area contributed by atoms with E-state index in [0.717, 1.165) is 22.0 Å². The molecule has 0 radical (unpaired) electrons. The predicted octanol–water partition coefficient (Wildman–Crippen LogP) is 3.38.